The summed E-state index contributed by atoms with van der Waals surface area (Å²) in [5, 5.41) is 9.48. The molecule has 2 amide bonds. The molecule has 21 heavy (non-hydrogen) atoms. The first kappa shape index (κ1) is 13.9. The molecule has 0 unspecified atom stereocenters. The van der Waals surface area contributed by atoms with E-state index in [0.29, 0.717) is 25.6 Å². The van der Waals surface area contributed by atoms with Crippen LogP contribution in [0, 0.1) is 0 Å². The van der Waals surface area contributed by atoms with Crippen molar-refractivity contribution in [2.24, 2.45) is 0 Å². The molecule has 0 radical (unpaired) electrons. The Morgan fingerprint density at radius 2 is 1.95 bits per heavy atom. The van der Waals surface area contributed by atoms with Gasteiger partial charge in [-0.25, -0.2) is 9.59 Å². The topological polar surface area (TPSA) is 60.9 Å². The van der Waals surface area contributed by atoms with Crippen molar-refractivity contribution in [3.63, 3.8) is 0 Å². The maximum atomic E-state index is 12.7. The van der Waals surface area contributed by atoms with E-state index in [9.17, 15) is 14.7 Å². The van der Waals surface area contributed by atoms with Crippen LogP contribution in [0.25, 0.3) is 0 Å². The number of nitrogens with zero attached hydrogens (tertiary/aromatic N) is 2. The average molecular weight is 288 g/mol. The molecule has 1 aliphatic carbocycles. The van der Waals surface area contributed by atoms with Crippen molar-refractivity contribution in [2.75, 3.05) is 6.54 Å². The van der Waals surface area contributed by atoms with E-state index >= 15 is 0 Å². The zero-order valence-electron chi connectivity index (χ0n) is 12.2. The zero-order chi connectivity index (χ0) is 15.0. The Hall–Kier alpha value is -2.04. The second-order valence-corrected chi connectivity index (χ2v) is 5.75. The number of carboxylic acid groups (broad SMARTS) is 1. The lowest BCUT2D eigenvalue weighted by atomic mass is 9.94. The molecule has 1 fully saturated rings. The summed E-state index contributed by atoms with van der Waals surface area (Å²) in [5.41, 5.74) is 2.08. The highest BCUT2D eigenvalue weighted by Crippen LogP contribution is 2.30. The predicted molar refractivity (Wildman–Crippen MR) is 77.9 cm³/mol. The quantitative estimate of drug-likeness (QED) is 0.926. The van der Waals surface area contributed by atoms with Crippen LogP contribution >= 0.6 is 0 Å². The second-order valence-electron chi connectivity index (χ2n) is 5.75. The van der Waals surface area contributed by atoms with Gasteiger partial charge in [0.1, 0.15) is 6.04 Å². The molecular weight excluding hydrogens is 268 g/mol. The lowest BCUT2D eigenvalue weighted by Gasteiger charge is -2.37. The summed E-state index contributed by atoms with van der Waals surface area (Å²) in [6.45, 7) is 2.97. The maximum absolute atomic E-state index is 12.7. The van der Waals surface area contributed by atoms with Crippen molar-refractivity contribution < 1.29 is 14.7 Å². The van der Waals surface area contributed by atoms with Gasteiger partial charge in [0.25, 0.3) is 0 Å². The molecule has 1 aliphatic heterocycles. The smallest absolute Gasteiger partial charge is 0.326 e. The fraction of sp³-hybridized carbons (Fsp3) is 0.500. The first-order chi connectivity index (χ1) is 10.1. The van der Waals surface area contributed by atoms with Gasteiger partial charge in [-0.3, -0.25) is 0 Å². The van der Waals surface area contributed by atoms with Crippen LogP contribution in [0.15, 0.2) is 24.3 Å². The van der Waals surface area contributed by atoms with Crippen molar-refractivity contribution >= 4 is 12.0 Å². The van der Waals surface area contributed by atoms with E-state index in [1.54, 1.807) is 0 Å². The van der Waals surface area contributed by atoms with E-state index in [-0.39, 0.29) is 6.03 Å². The van der Waals surface area contributed by atoms with Gasteiger partial charge in [-0.1, -0.05) is 24.3 Å². The Morgan fingerprint density at radius 1 is 1.29 bits per heavy atom. The van der Waals surface area contributed by atoms with Gasteiger partial charge in [0.2, 0.25) is 0 Å². The molecular formula is C16H20N2O3. The SMILES string of the molecule is CCN(C(=O)N1Cc2ccccc2C[C@@H]1C(=O)O)C1CC1. The molecule has 5 nitrogen and oxygen atoms in total. The molecule has 1 saturated carbocycles. The van der Waals surface area contributed by atoms with Crippen molar-refractivity contribution in [3.8, 4) is 0 Å². The molecule has 2 aliphatic rings. The molecule has 1 heterocycles. The minimum absolute atomic E-state index is 0.137. The number of amides is 2. The predicted octanol–water partition coefficient (Wildman–Crippen LogP) is 2.10. The molecule has 0 saturated heterocycles. The van der Waals surface area contributed by atoms with Crippen LogP contribution in [0.1, 0.15) is 30.9 Å². The molecule has 112 valence electrons. The van der Waals surface area contributed by atoms with Crippen LogP contribution in [-0.4, -0.2) is 45.5 Å². The summed E-state index contributed by atoms with van der Waals surface area (Å²) < 4.78 is 0. The van der Waals surface area contributed by atoms with E-state index in [0.717, 1.165) is 24.0 Å². The van der Waals surface area contributed by atoms with E-state index in [1.165, 1.54) is 4.90 Å². The molecule has 0 bridgehead atoms. The summed E-state index contributed by atoms with van der Waals surface area (Å²) >= 11 is 0. The summed E-state index contributed by atoms with van der Waals surface area (Å²) in [6.07, 6.45) is 2.45. The molecule has 1 atom stereocenters. The number of rotatable bonds is 3. The molecule has 1 aromatic rings. The van der Waals surface area contributed by atoms with Crippen LogP contribution in [0.3, 0.4) is 0 Å². The van der Waals surface area contributed by atoms with Crippen molar-refractivity contribution in [1.29, 1.82) is 0 Å². The van der Waals surface area contributed by atoms with Gasteiger partial charge in [0, 0.05) is 25.6 Å². The molecule has 1 aromatic carbocycles. The highest BCUT2D eigenvalue weighted by Gasteiger charge is 2.40. The minimum Gasteiger partial charge on any atom is -0.480 e. The Bertz CT molecular complexity index is 568. The zero-order valence-corrected chi connectivity index (χ0v) is 12.2. The number of hydrogen-bond acceptors (Lipinski definition) is 2. The highest BCUT2D eigenvalue weighted by molar-refractivity contribution is 5.84. The Kier molecular flexibility index (Phi) is 3.57. The average Bonchev–Trinajstić information content (AvgIpc) is 3.31. The molecule has 0 spiro atoms. The number of carboxylic acids is 1. The Balaban J connectivity index is 1.88. The maximum Gasteiger partial charge on any atom is 0.326 e. The summed E-state index contributed by atoms with van der Waals surface area (Å²) in [5.74, 6) is -0.926. The van der Waals surface area contributed by atoms with E-state index < -0.39 is 12.0 Å². The monoisotopic (exact) mass is 288 g/mol. The normalized spacial score (nSPS) is 20.8. The first-order valence-corrected chi connectivity index (χ1v) is 7.48. The Morgan fingerprint density at radius 3 is 2.52 bits per heavy atom. The highest BCUT2D eigenvalue weighted by atomic mass is 16.4. The van der Waals surface area contributed by atoms with Crippen molar-refractivity contribution in [2.45, 2.75) is 44.8 Å². The van der Waals surface area contributed by atoms with Crippen LogP contribution in [0.2, 0.25) is 0 Å². The third-order valence-corrected chi connectivity index (χ3v) is 4.35. The fourth-order valence-electron chi connectivity index (χ4n) is 3.05. The lowest BCUT2D eigenvalue weighted by Crippen LogP contribution is -2.53. The van der Waals surface area contributed by atoms with Crippen molar-refractivity contribution in [3.05, 3.63) is 35.4 Å². The van der Waals surface area contributed by atoms with E-state index in [4.69, 9.17) is 0 Å². The number of fused-ring (bicyclic) bond motifs is 1. The summed E-state index contributed by atoms with van der Waals surface area (Å²) in [7, 11) is 0. The van der Waals surface area contributed by atoms with Gasteiger partial charge in [-0.15, -0.1) is 0 Å². The largest absolute Gasteiger partial charge is 0.480 e. The lowest BCUT2D eigenvalue weighted by molar-refractivity contribution is -0.142. The number of benzene rings is 1. The third kappa shape index (κ3) is 2.60. The molecule has 5 heteroatoms. The van der Waals surface area contributed by atoms with Crippen LogP contribution in [0.5, 0.6) is 0 Å². The summed E-state index contributed by atoms with van der Waals surface area (Å²) in [4.78, 5) is 27.6. The standard InChI is InChI=1S/C16H20N2O3/c1-2-17(13-7-8-13)16(21)18-10-12-6-4-3-5-11(12)9-14(18)15(19)20/h3-6,13-14H,2,7-10H2,1H3,(H,19,20)/t14-/m1/s1. The Labute approximate surface area is 124 Å². The second kappa shape index (κ2) is 5.39. The number of aliphatic carboxylic acids is 1. The number of urea groups is 1. The van der Waals surface area contributed by atoms with Gasteiger partial charge in [0.15, 0.2) is 0 Å². The van der Waals surface area contributed by atoms with Gasteiger partial charge >= 0.3 is 12.0 Å². The van der Waals surface area contributed by atoms with Crippen LogP contribution in [-0.2, 0) is 17.8 Å². The fourth-order valence-corrected chi connectivity index (χ4v) is 3.05. The van der Waals surface area contributed by atoms with Gasteiger partial charge in [0.05, 0.1) is 0 Å². The van der Waals surface area contributed by atoms with Gasteiger partial charge in [-0.05, 0) is 30.9 Å². The molecule has 1 N–H and O–H groups in total. The van der Waals surface area contributed by atoms with Crippen molar-refractivity contribution in [1.82, 2.24) is 9.80 Å². The van der Waals surface area contributed by atoms with Crippen LogP contribution in [0.4, 0.5) is 4.79 Å². The van der Waals surface area contributed by atoms with Crippen LogP contribution < -0.4 is 0 Å². The van der Waals surface area contributed by atoms with E-state index in [2.05, 4.69) is 0 Å². The number of carbonyl (C=O) groups is 2. The third-order valence-electron chi connectivity index (χ3n) is 4.35. The first-order valence-electron chi connectivity index (χ1n) is 7.48. The number of carbonyl (C=O) groups excluding carboxylic acids is 1. The number of hydrogen-bond donors (Lipinski definition) is 1. The van der Waals surface area contributed by atoms with Gasteiger partial charge < -0.3 is 14.9 Å². The molecule has 0 aromatic heterocycles. The minimum atomic E-state index is -0.926. The molecule has 3 rings (SSSR count). The summed E-state index contributed by atoms with van der Waals surface area (Å²) in [6, 6.07) is 7.17. The van der Waals surface area contributed by atoms with Gasteiger partial charge in [-0.2, -0.15) is 0 Å². The van der Waals surface area contributed by atoms with E-state index in [1.807, 2.05) is 36.1 Å².